The van der Waals surface area contributed by atoms with Crippen LogP contribution >= 0.6 is 23.2 Å². The van der Waals surface area contributed by atoms with E-state index in [1.54, 1.807) is 6.92 Å². The molecule has 0 bridgehead atoms. The van der Waals surface area contributed by atoms with Crippen molar-refractivity contribution in [1.29, 1.82) is 0 Å². The maximum Gasteiger partial charge on any atom is 0.250 e. The molecule has 21 heavy (non-hydrogen) atoms. The van der Waals surface area contributed by atoms with E-state index in [0.29, 0.717) is 6.42 Å². The number of halogens is 3. The Morgan fingerprint density at radius 1 is 1.29 bits per heavy atom. The summed E-state index contributed by atoms with van der Waals surface area (Å²) in [5.74, 6) is -1.18. The third-order valence-corrected chi connectivity index (χ3v) is 3.99. The number of nitrogens with zero attached hydrogens (tertiary/aromatic N) is 1. The molecule has 0 aliphatic carbocycles. The molecule has 1 aliphatic rings. The number of piperazine rings is 1. The molecule has 0 saturated carbocycles. The van der Waals surface area contributed by atoms with Crippen LogP contribution in [0.15, 0.2) is 12.1 Å². The fraction of sp³-hybridized carbons (Fsp3) is 0.429. The summed E-state index contributed by atoms with van der Waals surface area (Å²) in [5.41, 5.74) is 0.174. The maximum absolute atomic E-state index is 13.3. The molecular formula is C14H15Cl2FN2O2. The molecule has 2 atom stereocenters. The van der Waals surface area contributed by atoms with E-state index in [1.807, 2.05) is 6.92 Å². The molecule has 1 aliphatic heterocycles. The molecule has 1 fully saturated rings. The number of anilines is 1. The van der Waals surface area contributed by atoms with Crippen LogP contribution in [0.5, 0.6) is 0 Å². The highest BCUT2D eigenvalue weighted by Gasteiger charge is 2.40. The smallest absolute Gasteiger partial charge is 0.250 e. The Morgan fingerprint density at radius 3 is 2.38 bits per heavy atom. The van der Waals surface area contributed by atoms with Crippen LogP contribution in [0.2, 0.25) is 10.0 Å². The second-order valence-corrected chi connectivity index (χ2v) is 5.77. The van der Waals surface area contributed by atoms with E-state index in [9.17, 15) is 14.0 Å². The molecule has 2 rings (SSSR count). The van der Waals surface area contributed by atoms with Crippen molar-refractivity contribution < 1.29 is 14.0 Å². The number of hydrogen-bond acceptors (Lipinski definition) is 2. The first kappa shape index (κ1) is 16.0. The van der Waals surface area contributed by atoms with Crippen molar-refractivity contribution >= 4 is 40.7 Å². The quantitative estimate of drug-likeness (QED) is 0.924. The van der Waals surface area contributed by atoms with Crippen molar-refractivity contribution in [2.45, 2.75) is 38.8 Å². The third kappa shape index (κ3) is 2.99. The van der Waals surface area contributed by atoms with Crippen molar-refractivity contribution in [3.8, 4) is 0 Å². The molecule has 0 spiro atoms. The van der Waals surface area contributed by atoms with Gasteiger partial charge in [0.05, 0.1) is 15.7 Å². The Balaban J connectivity index is 2.49. The summed E-state index contributed by atoms with van der Waals surface area (Å²) in [6.45, 7) is 3.49. The lowest BCUT2D eigenvalue weighted by molar-refractivity contribution is -0.133. The predicted octanol–water partition coefficient (Wildman–Crippen LogP) is 3.15. The van der Waals surface area contributed by atoms with Crippen molar-refractivity contribution in [2.24, 2.45) is 0 Å². The summed E-state index contributed by atoms with van der Waals surface area (Å²) >= 11 is 12.0. The average molecular weight is 333 g/mol. The predicted molar refractivity (Wildman–Crippen MR) is 80.2 cm³/mol. The first-order chi connectivity index (χ1) is 9.86. The fourth-order valence-corrected chi connectivity index (χ4v) is 3.03. The van der Waals surface area contributed by atoms with Gasteiger partial charge >= 0.3 is 0 Å². The van der Waals surface area contributed by atoms with Crippen molar-refractivity contribution in [3.05, 3.63) is 28.0 Å². The molecule has 0 aromatic heterocycles. The third-order valence-electron chi connectivity index (χ3n) is 3.42. The summed E-state index contributed by atoms with van der Waals surface area (Å²) in [4.78, 5) is 25.8. The molecule has 1 saturated heterocycles. The van der Waals surface area contributed by atoms with Crippen LogP contribution in [0.1, 0.15) is 26.7 Å². The molecule has 2 unspecified atom stereocenters. The van der Waals surface area contributed by atoms with Crippen LogP contribution < -0.4 is 10.2 Å². The van der Waals surface area contributed by atoms with Gasteiger partial charge in [-0.05, 0) is 25.5 Å². The number of amides is 2. The van der Waals surface area contributed by atoms with Crippen LogP contribution in [0.3, 0.4) is 0 Å². The first-order valence-electron chi connectivity index (χ1n) is 6.64. The lowest BCUT2D eigenvalue weighted by Crippen LogP contribution is -2.62. The van der Waals surface area contributed by atoms with E-state index < -0.39 is 17.9 Å². The van der Waals surface area contributed by atoms with Crippen LogP contribution in [0, 0.1) is 5.82 Å². The topological polar surface area (TPSA) is 49.4 Å². The molecule has 1 heterocycles. The Bertz CT molecular complexity index is 571. The minimum atomic E-state index is -0.758. The molecule has 114 valence electrons. The molecular weight excluding hydrogens is 318 g/mol. The van der Waals surface area contributed by atoms with Gasteiger partial charge in [-0.15, -0.1) is 0 Å². The van der Waals surface area contributed by atoms with E-state index in [0.717, 1.165) is 18.6 Å². The Labute approximate surface area is 132 Å². The van der Waals surface area contributed by atoms with Gasteiger partial charge in [0.15, 0.2) is 0 Å². The number of carbonyl (C=O) groups is 2. The Kier molecular flexibility index (Phi) is 4.74. The van der Waals surface area contributed by atoms with E-state index in [2.05, 4.69) is 5.32 Å². The monoisotopic (exact) mass is 332 g/mol. The lowest BCUT2D eigenvalue weighted by atomic mass is 10.0. The van der Waals surface area contributed by atoms with Gasteiger partial charge in [0.1, 0.15) is 17.9 Å². The number of nitrogens with one attached hydrogen (secondary N) is 1. The lowest BCUT2D eigenvalue weighted by Gasteiger charge is -2.38. The summed E-state index contributed by atoms with van der Waals surface area (Å²) in [6, 6.07) is 0.774. The van der Waals surface area contributed by atoms with Gasteiger partial charge < -0.3 is 5.32 Å². The van der Waals surface area contributed by atoms with Gasteiger partial charge in [0.2, 0.25) is 11.8 Å². The van der Waals surface area contributed by atoms with Gasteiger partial charge in [0.25, 0.3) is 0 Å². The number of rotatable bonds is 3. The molecule has 2 amide bonds. The zero-order valence-electron chi connectivity index (χ0n) is 11.6. The number of carbonyl (C=O) groups excluding carboxylic acids is 2. The Hall–Kier alpha value is -1.33. The largest absolute Gasteiger partial charge is 0.342 e. The normalized spacial score (nSPS) is 22.4. The van der Waals surface area contributed by atoms with E-state index in [-0.39, 0.29) is 27.5 Å². The molecule has 7 heteroatoms. The maximum atomic E-state index is 13.3. The zero-order chi connectivity index (χ0) is 15.7. The van der Waals surface area contributed by atoms with Crippen LogP contribution in [0.4, 0.5) is 10.1 Å². The molecule has 0 radical (unpaired) electrons. The van der Waals surface area contributed by atoms with E-state index in [1.165, 1.54) is 4.90 Å². The van der Waals surface area contributed by atoms with Crippen molar-refractivity contribution in [1.82, 2.24) is 5.32 Å². The number of hydrogen-bond donors (Lipinski definition) is 1. The van der Waals surface area contributed by atoms with Gasteiger partial charge in [-0.3, -0.25) is 14.5 Å². The summed E-state index contributed by atoms with van der Waals surface area (Å²) in [7, 11) is 0. The molecule has 1 N–H and O–H groups in total. The number of benzene rings is 1. The van der Waals surface area contributed by atoms with E-state index >= 15 is 0 Å². The fourth-order valence-electron chi connectivity index (χ4n) is 2.38. The summed E-state index contributed by atoms with van der Waals surface area (Å²) in [5, 5.41) is 2.69. The second-order valence-electron chi connectivity index (χ2n) is 4.95. The molecule has 1 aromatic carbocycles. The SMILES string of the molecule is CCCC1NC(=O)C(C)N(c2c(Cl)cc(F)cc2Cl)C1=O. The average Bonchev–Trinajstić information content (AvgIpc) is 2.39. The van der Waals surface area contributed by atoms with E-state index in [4.69, 9.17) is 23.2 Å². The van der Waals surface area contributed by atoms with Crippen LogP contribution in [0.25, 0.3) is 0 Å². The van der Waals surface area contributed by atoms with Gasteiger partial charge in [-0.25, -0.2) is 4.39 Å². The van der Waals surface area contributed by atoms with Crippen molar-refractivity contribution in [2.75, 3.05) is 4.90 Å². The molecule has 1 aromatic rings. The Morgan fingerprint density at radius 2 is 1.86 bits per heavy atom. The minimum absolute atomic E-state index is 0.00477. The summed E-state index contributed by atoms with van der Waals surface area (Å²) in [6.07, 6.45) is 1.26. The van der Waals surface area contributed by atoms with Gasteiger partial charge in [-0.1, -0.05) is 36.5 Å². The first-order valence-corrected chi connectivity index (χ1v) is 7.40. The standard InChI is InChI=1S/C14H15Cl2FN2O2/c1-3-4-11-14(21)19(7(2)13(20)18-11)12-9(15)5-8(17)6-10(12)16/h5-7,11H,3-4H2,1-2H3,(H,18,20). The minimum Gasteiger partial charge on any atom is -0.342 e. The summed E-state index contributed by atoms with van der Waals surface area (Å²) < 4.78 is 13.3. The van der Waals surface area contributed by atoms with Crippen LogP contribution in [-0.4, -0.2) is 23.9 Å². The van der Waals surface area contributed by atoms with Gasteiger partial charge in [-0.2, -0.15) is 0 Å². The van der Waals surface area contributed by atoms with Crippen LogP contribution in [-0.2, 0) is 9.59 Å². The highest BCUT2D eigenvalue weighted by Crippen LogP contribution is 2.37. The van der Waals surface area contributed by atoms with Crippen molar-refractivity contribution in [3.63, 3.8) is 0 Å². The highest BCUT2D eigenvalue weighted by atomic mass is 35.5. The highest BCUT2D eigenvalue weighted by molar-refractivity contribution is 6.40. The molecule has 4 nitrogen and oxygen atoms in total. The zero-order valence-corrected chi connectivity index (χ0v) is 13.1. The second kappa shape index (κ2) is 6.20. The van der Waals surface area contributed by atoms with Gasteiger partial charge in [0, 0.05) is 0 Å².